The lowest BCUT2D eigenvalue weighted by Crippen LogP contribution is -2.23. The van der Waals surface area contributed by atoms with E-state index in [9.17, 15) is 33.3 Å². The van der Waals surface area contributed by atoms with Crippen LogP contribution in [0.1, 0.15) is 11.1 Å². The molecule has 118 valence electrons. The number of amides is 1. The summed E-state index contributed by atoms with van der Waals surface area (Å²) in [7, 11) is 2.56. The minimum Gasteiger partial charge on any atom is -0.506 e. The Hall–Kier alpha value is -2.89. The molecule has 1 rings (SSSR count). The summed E-state index contributed by atoms with van der Waals surface area (Å²) in [4.78, 5) is 12.6. The van der Waals surface area contributed by atoms with Crippen LogP contribution in [-0.4, -0.2) is 40.2 Å². The van der Waals surface area contributed by atoms with Gasteiger partial charge in [0, 0.05) is 19.7 Å². The second-order valence-electron chi connectivity index (χ2n) is 4.42. The highest BCUT2D eigenvalue weighted by Crippen LogP contribution is 2.42. The van der Waals surface area contributed by atoms with Crippen molar-refractivity contribution in [1.82, 2.24) is 4.90 Å². The number of alkyl halides is 3. The van der Waals surface area contributed by atoms with Gasteiger partial charge in [0.1, 0.15) is 17.4 Å². The van der Waals surface area contributed by atoms with Crippen molar-refractivity contribution >= 4 is 11.7 Å². The molecule has 0 aromatic heterocycles. The van der Waals surface area contributed by atoms with Gasteiger partial charge in [0.05, 0.1) is 0 Å². The third-order valence-electron chi connectivity index (χ3n) is 2.64. The number of carbonyl (C=O) groups excluding carboxylic acids is 1. The summed E-state index contributed by atoms with van der Waals surface area (Å²) in [5, 5.41) is 37.3. The Morgan fingerprint density at radius 3 is 2.23 bits per heavy atom. The molecule has 0 aliphatic carbocycles. The van der Waals surface area contributed by atoms with Crippen molar-refractivity contribution in [3.63, 3.8) is 0 Å². The summed E-state index contributed by atoms with van der Waals surface area (Å²) in [5.74, 6) is -4.53. The lowest BCUT2D eigenvalue weighted by molar-refractivity contribution is -0.139. The molecule has 1 aromatic rings. The van der Waals surface area contributed by atoms with Crippen LogP contribution in [0.5, 0.6) is 11.5 Å². The lowest BCUT2D eigenvalue weighted by atomic mass is 10.0. The average Bonchev–Trinajstić information content (AvgIpc) is 2.40. The molecule has 1 aromatic carbocycles. The van der Waals surface area contributed by atoms with Crippen LogP contribution in [0.4, 0.5) is 13.2 Å². The summed E-state index contributed by atoms with van der Waals surface area (Å²) in [6.07, 6.45) is -5.00. The number of rotatable bonds is 2. The zero-order chi connectivity index (χ0) is 17.2. The fraction of sp³-hybridized carbons (Fsp3) is 0.231. The van der Waals surface area contributed by atoms with E-state index in [0.29, 0.717) is 12.1 Å². The van der Waals surface area contributed by atoms with E-state index in [1.54, 1.807) is 0 Å². The van der Waals surface area contributed by atoms with E-state index >= 15 is 0 Å². The molecule has 3 N–H and O–H groups in total. The number of hydrogen-bond donors (Lipinski definition) is 3. The van der Waals surface area contributed by atoms with Crippen LogP contribution in [0, 0.1) is 11.3 Å². The molecular weight excluding hydrogens is 305 g/mol. The molecule has 22 heavy (non-hydrogen) atoms. The van der Waals surface area contributed by atoms with Gasteiger partial charge in [0.25, 0.3) is 5.91 Å². The monoisotopic (exact) mass is 316 g/mol. The number of carbonyl (C=O) groups is 1. The van der Waals surface area contributed by atoms with Gasteiger partial charge in [0.2, 0.25) is 0 Å². The number of hydrogen-bond acceptors (Lipinski definition) is 5. The quantitative estimate of drug-likeness (QED) is 0.335. The Morgan fingerprint density at radius 1 is 1.27 bits per heavy atom. The zero-order valence-electron chi connectivity index (χ0n) is 11.4. The number of aromatic hydroxyl groups is 2. The second-order valence-corrected chi connectivity index (χ2v) is 4.42. The van der Waals surface area contributed by atoms with Crippen LogP contribution < -0.4 is 0 Å². The molecule has 0 radical (unpaired) electrons. The third-order valence-corrected chi connectivity index (χ3v) is 2.64. The Bertz CT molecular complexity index is 688. The first kappa shape index (κ1) is 17.2. The maximum absolute atomic E-state index is 12.7. The summed E-state index contributed by atoms with van der Waals surface area (Å²) >= 11 is 0. The van der Waals surface area contributed by atoms with Crippen molar-refractivity contribution < 1.29 is 33.3 Å². The predicted octanol–water partition coefficient (Wildman–Crippen LogP) is 2.00. The van der Waals surface area contributed by atoms with Gasteiger partial charge in [-0.3, -0.25) is 4.79 Å². The molecule has 0 spiro atoms. The molecule has 0 saturated carbocycles. The maximum atomic E-state index is 12.7. The number of likely N-dealkylation sites (N-methyl/N-ethyl adjacent to an activating group) is 1. The second kappa shape index (κ2) is 5.85. The number of nitrogens with zero attached hydrogens (tertiary/aromatic N) is 2. The van der Waals surface area contributed by atoms with Gasteiger partial charge in [-0.2, -0.15) is 18.4 Å². The van der Waals surface area contributed by atoms with Gasteiger partial charge in [-0.25, -0.2) is 0 Å². The molecule has 0 heterocycles. The molecular formula is C13H11F3N2O4. The SMILES string of the molecule is CN(C)C(=O)/C(C#N)=C(\O)c1cc(O)c(O)c(C(F)(F)F)c1. The highest BCUT2D eigenvalue weighted by Gasteiger charge is 2.36. The average molecular weight is 316 g/mol. The minimum absolute atomic E-state index is 0.324. The van der Waals surface area contributed by atoms with E-state index in [2.05, 4.69) is 0 Å². The molecule has 6 nitrogen and oxygen atoms in total. The van der Waals surface area contributed by atoms with E-state index < -0.39 is 46.0 Å². The lowest BCUT2D eigenvalue weighted by Gasteiger charge is -2.14. The van der Waals surface area contributed by atoms with E-state index in [1.807, 2.05) is 0 Å². The summed E-state index contributed by atoms with van der Waals surface area (Å²) in [5.41, 5.74) is -3.04. The highest BCUT2D eigenvalue weighted by molar-refractivity contribution is 6.03. The Kier molecular flexibility index (Phi) is 4.56. The number of nitriles is 1. The standard InChI is InChI=1S/C13H11F3N2O4/c1-18(2)12(22)7(5-17)10(20)6-3-8(13(14,15)16)11(21)9(19)4-6/h3-4,19-21H,1-2H3/b10-7-. The summed E-state index contributed by atoms with van der Waals surface area (Å²) in [6.45, 7) is 0. The molecule has 9 heteroatoms. The smallest absolute Gasteiger partial charge is 0.420 e. The number of aliphatic hydroxyl groups excluding tert-OH is 1. The zero-order valence-corrected chi connectivity index (χ0v) is 11.4. The normalized spacial score (nSPS) is 12.4. The van der Waals surface area contributed by atoms with Gasteiger partial charge in [-0.15, -0.1) is 0 Å². The number of halogens is 3. The third kappa shape index (κ3) is 3.22. The van der Waals surface area contributed by atoms with Crippen LogP contribution in [0.25, 0.3) is 5.76 Å². The first-order chi connectivity index (χ1) is 10.0. The van der Waals surface area contributed by atoms with Crippen LogP contribution in [0.2, 0.25) is 0 Å². The molecule has 0 atom stereocenters. The van der Waals surface area contributed by atoms with Crippen molar-refractivity contribution in [2.75, 3.05) is 14.1 Å². The molecule has 0 aliphatic heterocycles. The molecule has 0 aliphatic rings. The van der Waals surface area contributed by atoms with Crippen molar-refractivity contribution in [2.45, 2.75) is 6.18 Å². The highest BCUT2D eigenvalue weighted by atomic mass is 19.4. The number of aliphatic hydroxyl groups is 1. The fourth-order valence-electron chi connectivity index (χ4n) is 1.54. The molecule has 0 unspecified atom stereocenters. The van der Waals surface area contributed by atoms with Crippen LogP contribution in [-0.2, 0) is 11.0 Å². The van der Waals surface area contributed by atoms with Gasteiger partial charge >= 0.3 is 6.18 Å². The molecule has 0 fully saturated rings. The van der Waals surface area contributed by atoms with E-state index in [1.165, 1.54) is 20.2 Å². The summed E-state index contributed by atoms with van der Waals surface area (Å²) in [6, 6.07) is 2.32. The predicted molar refractivity (Wildman–Crippen MR) is 68.6 cm³/mol. The minimum atomic E-state index is -5.00. The maximum Gasteiger partial charge on any atom is 0.420 e. The van der Waals surface area contributed by atoms with Crippen LogP contribution in [0.15, 0.2) is 17.7 Å². The Morgan fingerprint density at radius 2 is 1.82 bits per heavy atom. The van der Waals surface area contributed by atoms with E-state index in [-0.39, 0.29) is 0 Å². The number of phenolic OH excluding ortho intramolecular Hbond substituents is 2. The molecule has 0 bridgehead atoms. The van der Waals surface area contributed by atoms with Crippen molar-refractivity contribution in [3.8, 4) is 17.6 Å². The Labute approximate surface area is 122 Å². The Balaban J connectivity index is 3.60. The van der Waals surface area contributed by atoms with Gasteiger partial charge < -0.3 is 20.2 Å². The van der Waals surface area contributed by atoms with E-state index in [0.717, 1.165) is 4.90 Å². The van der Waals surface area contributed by atoms with Crippen molar-refractivity contribution in [3.05, 3.63) is 28.8 Å². The van der Waals surface area contributed by atoms with Gasteiger partial charge in [-0.1, -0.05) is 0 Å². The molecule has 1 amide bonds. The first-order valence-corrected chi connectivity index (χ1v) is 5.69. The number of benzene rings is 1. The van der Waals surface area contributed by atoms with E-state index in [4.69, 9.17) is 5.26 Å². The van der Waals surface area contributed by atoms with Crippen molar-refractivity contribution in [1.29, 1.82) is 5.26 Å². The topological polar surface area (TPSA) is 105 Å². The first-order valence-electron chi connectivity index (χ1n) is 5.69. The van der Waals surface area contributed by atoms with Gasteiger partial charge in [-0.05, 0) is 12.1 Å². The summed E-state index contributed by atoms with van der Waals surface area (Å²) < 4.78 is 38.2. The largest absolute Gasteiger partial charge is 0.506 e. The van der Waals surface area contributed by atoms with Crippen LogP contribution >= 0.6 is 0 Å². The fourth-order valence-corrected chi connectivity index (χ4v) is 1.54. The molecule has 0 saturated heterocycles. The number of phenols is 2. The van der Waals surface area contributed by atoms with Crippen LogP contribution in [0.3, 0.4) is 0 Å². The van der Waals surface area contributed by atoms with Gasteiger partial charge in [0.15, 0.2) is 17.1 Å². The van der Waals surface area contributed by atoms with Crippen molar-refractivity contribution in [2.24, 2.45) is 0 Å².